The summed E-state index contributed by atoms with van der Waals surface area (Å²) >= 11 is 0. The van der Waals surface area contributed by atoms with Gasteiger partial charge in [0.2, 0.25) is 0 Å². The highest BCUT2D eigenvalue weighted by Crippen LogP contribution is 2.41. The van der Waals surface area contributed by atoms with Crippen LogP contribution in [0.25, 0.3) is 0 Å². The topological polar surface area (TPSA) is 62.1 Å². The summed E-state index contributed by atoms with van der Waals surface area (Å²) < 4.78 is 46.1. The normalized spacial score (nSPS) is 19.1. The van der Waals surface area contributed by atoms with E-state index in [-0.39, 0.29) is 28.5 Å². The number of alkyl halides is 3. The quantitative estimate of drug-likeness (QED) is 0.609. The molecule has 1 aliphatic heterocycles. The Hall–Kier alpha value is -2.87. The second kappa shape index (κ2) is 9.17. The van der Waals surface area contributed by atoms with E-state index in [1.165, 1.54) is 0 Å². The zero-order valence-corrected chi connectivity index (χ0v) is 19.2. The fraction of sp³-hybridized carbons (Fsp3) is 0.440. The van der Waals surface area contributed by atoms with E-state index in [9.17, 15) is 23.1 Å². The number of carbonyl (C=O) groups is 1. The van der Waals surface area contributed by atoms with Gasteiger partial charge in [-0.1, -0.05) is 70.2 Å². The van der Waals surface area contributed by atoms with Gasteiger partial charge in [0.15, 0.2) is 6.61 Å². The zero-order chi connectivity index (χ0) is 24.4. The molecule has 0 aromatic heterocycles. The molecule has 0 unspecified atom stereocenters. The number of amides is 1. The summed E-state index contributed by atoms with van der Waals surface area (Å²) in [6.07, 6.45) is -5.55. The van der Waals surface area contributed by atoms with Crippen molar-refractivity contribution in [2.24, 2.45) is 11.0 Å². The maximum atomic E-state index is 13.6. The van der Waals surface area contributed by atoms with Crippen LogP contribution in [0.3, 0.4) is 0 Å². The molecular formula is C25H29F3N2O3. The molecule has 1 amide bonds. The van der Waals surface area contributed by atoms with Gasteiger partial charge in [0.05, 0.1) is 0 Å². The summed E-state index contributed by atoms with van der Waals surface area (Å²) in [6, 6.07) is 17.0. The number of carbonyl (C=O) groups excluding carboxylic acids is 1. The number of nitrogens with zero attached hydrogens (tertiary/aromatic N) is 2. The number of rotatable bonds is 7. The lowest BCUT2D eigenvalue weighted by atomic mass is 9.78. The lowest BCUT2D eigenvalue weighted by Gasteiger charge is -2.32. The van der Waals surface area contributed by atoms with Crippen LogP contribution in [-0.2, 0) is 10.2 Å². The van der Waals surface area contributed by atoms with Crippen molar-refractivity contribution in [1.82, 2.24) is 5.01 Å². The lowest BCUT2D eigenvalue weighted by Crippen LogP contribution is -2.57. The van der Waals surface area contributed by atoms with Crippen LogP contribution in [-0.4, -0.2) is 40.2 Å². The molecular weight excluding hydrogens is 433 g/mol. The van der Waals surface area contributed by atoms with Gasteiger partial charge in [-0.05, 0) is 35.6 Å². The van der Waals surface area contributed by atoms with Gasteiger partial charge in [-0.2, -0.15) is 23.3 Å². The first-order valence-electron chi connectivity index (χ1n) is 10.8. The summed E-state index contributed by atoms with van der Waals surface area (Å²) in [5.74, 6) is -0.703. The van der Waals surface area contributed by atoms with Crippen LogP contribution >= 0.6 is 0 Å². The highest BCUT2D eigenvalue weighted by molar-refractivity contribution is 5.91. The van der Waals surface area contributed by atoms with Gasteiger partial charge in [0.25, 0.3) is 11.6 Å². The number of hydrogen-bond donors (Lipinski definition) is 1. The van der Waals surface area contributed by atoms with Crippen molar-refractivity contribution < 1.29 is 27.8 Å². The summed E-state index contributed by atoms with van der Waals surface area (Å²) in [5.41, 5.74) is -1.35. The number of hydrogen-bond acceptors (Lipinski definition) is 4. The van der Waals surface area contributed by atoms with E-state index in [4.69, 9.17) is 4.74 Å². The van der Waals surface area contributed by atoms with Gasteiger partial charge in [-0.15, -0.1) is 0 Å². The fourth-order valence-electron chi connectivity index (χ4n) is 3.88. The monoisotopic (exact) mass is 462 g/mol. The second-order valence-corrected chi connectivity index (χ2v) is 9.26. The summed E-state index contributed by atoms with van der Waals surface area (Å²) in [5, 5.41) is 14.2. The van der Waals surface area contributed by atoms with E-state index in [0.29, 0.717) is 5.75 Å². The van der Waals surface area contributed by atoms with Crippen molar-refractivity contribution in [3.63, 3.8) is 0 Å². The van der Waals surface area contributed by atoms with E-state index in [1.54, 1.807) is 12.1 Å². The average molecular weight is 463 g/mol. The number of benzene rings is 2. The van der Waals surface area contributed by atoms with Crippen molar-refractivity contribution >= 4 is 11.6 Å². The van der Waals surface area contributed by atoms with E-state index >= 15 is 0 Å². The highest BCUT2D eigenvalue weighted by Gasteiger charge is 2.63. The summed E-state index contributed by atoms with van der Waals surface area (Å²) in [4.78, 5) is 12.6. The summed E-state index contributed by atoms with van der Waals surface area (Å²) in [6.45, 7) is 7.13. The third kappa shape index (κ3) is 5.21. The standard InChI is InChI=1S/C25H29F3N2O3/c1-17(2)14-20-15-24(32,25(26,27)28)30(29-20)22(31)16-33-21-12-10-19(11-13-21)23(3,4)18-8-6-5-7-9-18/h5-13,17,32H,14-16H2,1-4H3/t24-/m0/s1. The Morgan fingerprint density at radius 2 is 1.67 bits per heavy atom. The van der Waals surface area contributed by atoms with Gasteiger partial charge in [-0.3, -0.25) is 4.79 Å². The van der Waals surface area contributed by atoms with E-state index in [1.807, 2.05) is 56.3 Å². The Morgan fingerprint density at radius 3 is 2.21 bits per heavy atom. The van der Waals surface area contributed by atoms with Crippen molar-refractivity contribution in [3.05, 3.63) is 65.7 Å². The minimum atomic E-state index is -5.05. The van der Waals surface area contributed by atoms with Crippen LogP contribution < -0.4 is 4.74 Å². The van der Waals surface area contributed by atoms with Gasteiger partial charge < -0.3 is 9.84 Å². The Labute approximate surface area is 191 Å². The zero-order valence-electron chi connectivity index (χ0n) is 19.2. The average Bonchev–Trinajstić information content (AvgIpc) is 3.09. The first-order valence-corrected chi connectivity index (χ1v) is 10.8. The van der Waals surface area contributed by atoms with Crippen LogP contribution in [0.5, 0.6) is 5.75 Å². The van der Waals surface area contributed by atoms with Crippen LogP contribution in [0.2, 0.25) is 0 Å². The van der Waals surface area contributed by atoms with Gasteiger partial charge in [0.1, 0.15) is 5.75 Å². The molecule has 1 aliphatic rings. The maximum Gasteiger partial charge on any atom is 0.438 e. The van der Waals surface area contributed by atoms with Gasteiger partial charge in [-0.25, -0.2) is 0 Å². The highest BCUT2D eigenvalue weighted by atomic mass is 19.4. The predicted molar refractivity (Wildman–Crippen MR) is 120 cm³/mol. The molecule has 0 bridgehead atoms. The molecule has 33 heavy (non-hydrogen) atoms. The van der Waals surface area contributed by atoms with E-state index < -0.39 is 30.8 Å². The second-order valence-electron chi connectivity index (χ2n) is 9.26. The summed E-state index contributed by atoms with van der Waals surface area (Å²) in [7, 11) is 0. The number of aliphatic hydroxyl groups is 1. The molecule has 0 radical (unpaired) electrons. The molecule has 2 aromatic rings. The molecule has 0 fully saturated rings. The first-order chi connectivity index (χ1) is 15.3. The third-order valence-electron chi connectivity index (χ3n) is 5.81. The van der Waals surface area contributed by atoms with Crippen molar-refractivity contribution in [2.45, 2.75) is 57.9 Å². The molecule has 0 saturated heterocycles. The first kappa shape index (κ1) is 24.8. The molecule has 5 nitrogen and oxygen atoms in total. The van der Waals surface area contributed by atoms with E-state index in [0.717, 1.165) is 11.1 Å². The van der Waals surface area contributed by atoms with Crippen molar-refractivity contribution in [3.8, 4) is 5.75 Å². The molecule has 1 N–H and O–H groups in total. The lowest BCUT2D eigenvalue weighted by molar-refractivity contribution is -0.302. The fourth-order valence-corrected chi connectivity index (χ4v) is 3.88. The van der Waals surface area contributed by atoms with Gasteiger partial charge in [0, 0.05) is 17.5 Å². The molecule has 8 heteroatoms. The Bertz CT molecular complexity index is 1000. The maximum absolute atomic E-state index is 13.6. The van der Waals surface area contributed by atoms with Gasteiger partial charge >= 0.3 is 6.18 Å². The Balaban J connectivity index is 1.71. The largest absolute Gasteiger partial charge is 0.484 e. The Kier molecular flexibility index (Phi) is 6.88. The molecule has 0 saturated carbocycles. The van der Waals surface area contributed by atoms with Crippen LogP contribution in [0, 0.1) is 5.92 Å². The third-order valence-corrected chi connectivity index (χ3v) is 5.81. The van der Waals surface area contributed by atoms with Crippen LogP contribution in [0.4, 0.5) is 13.2 Å². The Morgan fingerprint density at radius 1 is 1.09 bits per heavy atom. The molecule has 0 aliphatic carbocycles. The van der Waals surface area contributed by atoms with Crippen LogP contribution in [0.1, 0.15) is 51.7 Å². The molecule has 1 heterocycles. The minimum Gasteiger partial charge on any atom is -0.484 e. The van der Waals surface area contributed by atoms with Crippen LogP contribution in [0.15, 0.2) is 59.7 Å². The number of ether oxygens (including phenoxy) is 1. The minimum absolute atomic E-state index is 0.0335. The molecule has 1 atom stereocenters. The number of halogens is 3. The smallest absolute Gasteiger partial charge is 0.438 e. The molecule has 3 rings (SSSR count). The molecule has 0 spiro atoms. The predicted octanol–water partition coefficient (Wildman–Crippen LogP) is 5.28. The molecule has 2 aromatic carbocycles. The van der Waals surface area contributed by atoms with E-state index in [2.05, 4.69) is 18.9 Å². The number of hydrazone groups is 1. The van der Waals surface area contributed by atoms with Crippen molar-refractivity contribution in [1.29, 1.82) is 0 Å². The van der Waals surface area contributed by atoms with Crippen molar-refractivity contribution in [2.75, 3.05) is 6.61 Å². The SMILES string of the molecule is CC(C)CC1=NN(C(=O)COc2ccc(C(C)(C)c3ccccc3)cc2)[C@@](O)(C(F)(F)F)C1. The molecule has 178 valence electrons.